The number of hydrogen-bond acceptors (Lipinski definition) is 1. The number of ether oxygens (including phenoxy) is 1. The Hall–Kier alpha value is -0.550. The molecule has 2 heteroatoms. The Labute approximate surface area is 82.7 Å². The van der Waals surface area contributed by atoms with E-state index in [0.29, 0.717) is 0 Å². The zero-order valence-corrected chi connectivity index (χ0v) is 9.28. The standard InChI is InChI=1S/C11H17OP/c1-10-6-2-3-7-11(10)12-8-4-5-9-13/h2-3,6-7H,4-5,8-9,13H2,1H3. The smallest absolute Gasteiger partial charge is 0.122 e. The van der Waals surface area contributed by atoms with Gasteiger partial charge >= 0.3 is 0 Å². The monoisotopic (exact) mass is 196 g/mol. The molecule has 0 fully saturated rings. The second-order valence-electron chi connectivity index (χ2n) is 3.11. The van der Waals surface area contributed by atoms with E-state index in [2.05, 4.69) is 22.2 Å². The van der Waals surface area contributed by atoms with Crippen molar-refractivity contribution in [1.29, 1.82) is 0 Å². The average molecular weight is 196 g/mol. The van der Waals surface area contributed by atoms with Gasteiger partial charge in [-0.2, -0.15) is 0 Å². The molecule has 0 N–H and O–H groups in total. The highest BCUT2D eigenvalue weighted by Crippen LogP contribution is 2.16. The first-order chi connectivity index (χ1) is 6.34. The van der Waals surface area contributed by atoms with E-state index >= 15 is 0 Å². The maximum atomic E-state index is 5.63. The molecular formula is C11H17OP. The van der Waals surface area contributed by atoms with Crippen molar-refractivity contribution in [2.75, 3.05) is 12.8 Å². The molecule has 0 aliphatic heterocycles. The number of benzene rings is 1. The molecule has 0 radical (unpaired) electrons. The fourth-order valence-electron chi connectivity index (χ4n) is 1.15. The predicted molar refractivity (Wildman–Crippen MR) is 60.5 cm³/mol. The Morgan fingerprint density at radius 2 is 2.00 bits per heavy atom. The van der Waals surface area contributed by atoms with Crippen molar-refractivity contribution in [1.82, 2.24) is 0 Å². The van der Waals surface area contributed by atoms with Gasteiger partial charge in [-0.1, -0.05) is 18.2 Å². The molecule has 1 aromatic rings. The second kappa shape index (κ2) is 5.99. The highest BCUT2D eigenvalue weighted by atomic mass is 31.0. The van der Waals surface area contributed by atoms with Crippen LogP contribution < -0.4 is 4.74 Å². The SMILES string of the molecule is Cc1ccccc1OCCCCP. The molecule has 1 rings (SSSR count). The van der Waals surface area contributed by atoms with Crippen LogP contribution in [0.4, 0.5) is 0 Å². The maximum absolute atomic E-state index is 5.63. The fraction of sp³-hybridized carbons (Fsp3) is 0.455. The first-order valence-corrected chi connectivity index (χ1v) is 5.54. The van der Waals surface area contributed by atoms with Gasteiger partial charge in [0.2, 0.25) is 0 Å². The molecule has 0 aliphatic carbocycles. The Morgan fingerprint density at radius 1 is 1.23 bits per heavy atom. The van der Waals surface area contributed by atoms with Gasteiger partial charge in [-0.25, -0.2) is 0 Å². The lowest BCUT2D eigenvalue weighted by atomic mass is 10.2. The zero-order chi connectivity index (χ0) is 9.52. The first kappa shape index (κ1) is 10.5. The van der Waals surface area contributed by atoms with E-state index in [9.17, 15) is 0 Å². The Bertz CT molecular complexity index is 248. The lowest BCUT2D eigenvalue weighted by molar-refractivity contribution is 0.308. The summed E-state index contributed by atoms with van der Waals surface area (Å²) in [7, 11) is 2.73. The van der Waals surface area contributed by atoms with Crippen molar-refractivity contribution >= 4 is 9.24 Å². The van der Waals surface area contributed by atoms with E-state index in [1.807, 2.05) is 18.2 Å². The summed E-state index contributed by atoms with van der Waals surface area (Å²) in [5.41, 5.74) is 1.22. The molecule has 1 aromatic carbocycles. The summed E-state index contributed by atoms with van der Waals surface area (Å²) in [6, 6.07) is 8.14. The number of aryl methyl sites for hydroxylation is 1. The average Bonchev–Trinajstić information content (AvgIpc) is 2.15. The van der Waals surface area contributed by atoms with Crippen LogP contribution in [0.1, 0.15) is 18.4 Å². The minimum absolute atomic E-state index is 0.833. The van der Waals surface area contributed by atoms with Gasteiger partial charge < -0.3 is 4.74 Å². The van der Waals surface area contributed by atoms with Gasteiger partial charge in [-0.3, -0.25) is 0 Å². The predicted octanol–water partition coefficient (Wildman–Crippen LogP) is 3.03. The number of unbranched alkanes of at least 4 members (excludes halogenated alkanes) is 1. The normalized spacial score (nSPS) is 10.0. The summed E-state index contributed by atoms with van der Waals surface area (Å²) in [6.07, 6.45) is 3.52. The van der Waals surface area contributed by atoms with E-state index in [1.165, 1.54) is 12.0 Å². The van der Waals surface area contributed by atoms with E-state index in [-0.39, 0.29) is 0 Å². The van der Waals surface area contributed by atoms with Crippen LogP contribution in [0.5, 0.6) is 5.75 Å². The van der Waals surface area contributed by atoms with E-state index in [1.54, 1.807) is 0 Å². The summed E-state index contributed by atoms with van der Waals surface area (Å²) in [5.74, 6) is 1.02. The first-order valence-electron chi connectivity index (χ1n) is 4.73. The van der Waals surface area contributed by atoms with Crippen LogP contribution in [-0.2, 0) is 0 Å². The Kier molecular flexibility index (Phi) is 4.85. The van der Waals surface area contributed by atoms with E-state index in [0.717, 1.165) is 24.9 Å². The van der Waals surface area contributed by atoms with Gasteiger partial charge in [-0.05, 0) is 37.6 Å². The molecule has 0 aromatic heterocycles. The topological polar surface area (TPSA) is 9.23 Å². The second-order valence-corrected chi connectivity index (χ2v) is 3.69. The minimum atomic E-state index is 0.833. The van der Waals surface area contributed by atoms with Crippen LogP contribution >= 0.6 is 9.24 Å². The summed E-state index contributed by atoms with van der Waals surface area (Å²) in [5, 5.41) is 0. The Morgan fingerprint density at radius 3 is 2.69 bits per heavy atom. The van der Waals surface area contributed by atoms with E-state index in [4.69, 9.17) is 4.74 Å². The lowest BCUT2D eigenvalue weighted by Gasteiger charge is -2.07. The van der Waals surface area contributed by atoms with Crippen LogP contribution in [0, 0.1) is 6.92 Å². The van der Waals surface area contributed by atoms with Gasteiger partial charge in [0.05, 0.1) is 6.61 Å². The number of rotatable bonds is 5. The van der Waals surface area contributed by atoms with Gasteiger partial charge in [-0.15, -0.1) is 9.24 Å². The third-order valence-corrected chi connectivity index (χ3v) is 2.36. The summed E-state index contributed by atoms with van der Waals surface area (Å²) in [6.45, 7) is 2.91. The Balaban J connectivity index is 2.32. The molecular weight excluding hydrogens is 179 g/mol. The molecule has 0 saturated carbocycles. The van der Waals surface area contributed by atoms with Gasteiger partial charge in [0, 0.05) is 0 Å². The molecule has 0 heterocycles. The zero-order valence-electron chi connectivity index (χ0n) is 8.12. The van der Waals surface area contributed by atoms with Crippen molar-refractivity contribution < 1.29 is 4.74 Å². The summed E-state index contributed by atoms with van der Waals surface area (Å²) in [4.78, 5) is 0. The van der Waals surface area contributed by atoms with Crippen LogP contribution in [0.15, 0.2) is 24.3 Å². The summed E-state index contributed by atoms with van der Waals surface area (Å²) < 4.78 is 5.63. The van der Waals surface area contributed by atoms with Crippen molar-refractivity contribution in [3.05, 3.63) is 29.8 Å². The van der Waals surface area contributed by atoms with Gasteiger partial charge in [0.25, 0.3) is 0 Å². The molecule has 0 bridgehead atoms. The largest absolute Gasteiger partial charge is 0.493 e. The highest BCUT2D eigenvalue weighted by Gasteiger charge is 1.95. The van der Waals surface area contributed by atoms with E-state index < -0.39 is 0 Å². The molecule has 13 heavy (non-hydrogen) atoms. The van der Waals surface area contributed by atoms with Crippen molar-refractivity contribution in [2.24, 2.45) is 0 Å². The molecule has 0 saturated heterocycles. The molecule has 1 unspecified atom stereocenters. The summed E-state index contributed by atoms with van der Waals surface area (Å²) >= 11 is 0. The van der Waals surface area contributed by atoms with Crippen LogP contribution in [0.2, 0.25) is 0 Å². The number of para-hydroxylation sites is 1. The molecule has 0 amide bonds. The third kappa shape index (κ3) is 3.78. The third-order valence-electron chi connectivity index (χ3n) is 1.95. The molecule has 1 nitrogen and oxygen atoms in total. The lowest BCUT2D eigenvalue weighted by Crippen LogP contribution is -1.98. The van der Waals surface area contributed by atoms with Crippen LogP contribution in [0.3, 0.4) is 0 Å². The molecule has 1 atom stereocenters. The molecule has 0 spiro atoms. The highest BCUT2D eigenvalue weighted by molar-refractivity contribution is 7.16. The maximum Gasteiger partial charge on any atom is 0.122 e. The van der Waals surface area contributed by atoms with Crippen molar-refractivity contribution in [2.45, 2.75) is 19.8 Å². The van der Waals surface area contributed by atoms with Gasteiger partial charge in [0.1, 0.15) is 5.75 Å². The van der Waals surface area contributed by atoms with Gasteiger partial charge in [0.15, 0.2) is 0 Å². The molecule has 0 aliphatic rings. The van der Waals surface area contributed by atoms with Crippen molar-refractivity contribution in [3.8, 4) is 5.75 Å². The number of hydrogen-bond donors (Lipinski definition) is 0. The quantitative estimate of drug-likeness (QED) is 0.519. The van der Waals surface area contributed by atoms with Crippen LogP contribution in [0.25, 0.3) is 0 Å². The minimum Gasteiger partial charge on any atom is -0.493 e. The van der Waals surface area contributed by atoms with Crippen molar-refractivity contribution in [3.63, 3.8) is 0 Å². The van der Waals surface area contributed by atoms with Crippen LogP contribution in [-0.4, -0.2) is 12.8 Å². The fourth-order valence-corrected chi connectivity index (χ4v) is 1.44. The molecule has 72 valence electrons.